The lowest BCUT2D eigenvalue weighted by atomic mass is 9.91. The Hall–Kier alpha value is -4.03. The molecule has 0 fully saturated rings. The zero-order valence-corrected chi connectivity index (χ0v) is 20.4. The van der Waals surface area contributed by atoms with Crippen LogP contribution in [0.3, 0.4) is 0 Å². The quantitative estimate of drug-likeness (QED) is 0.329. The van der Waals surface area contributed by atoms with Crippen molar-refractivity contribution in [2.75, 3.05) is 19.6 Å². The molecule has 2 aliphatic heterocycles. The van der Waals surface area contributed by atoms with E-state index in [0.29, 0.717) is 23.2 Å². The van der Waals surface area contributed by atoms with Crippen molar-refractivity contribution in [3.63, 3.8) is 0 Å². The van der Waals surface area contributed by atoms with Crippen LogP contribution in [0.25, 0.3) is 10.9 Å². The van der Waals surface area contributed by atoms with Gasteiger partial charge in [-0.15, -0.1) is 0 Å². The number of amides is 2. The molecule has 6 rings (SSSR count). The predicted octanol–water partition coefficient (Wildman–Crippen LogP) is 4.86. The molecule has 3 heterocycles. The molecule has 0 spiro atoms. The van der Waals surface area contributed by atoms with Crippen LogP contribution in [0.15, 0.2) is 66.7 Å². The molecular weight excluding hydrogens is 450 g/mol. The van der Waals surface area contributed by atoms with Crippen LogP contribution in [-0.4, -0.2) is 52.0 Å². The zero-order valence-electron chi connectivity index (χ0n) is 20.4. The molecular formula is C30H27N3O3. The number of benzene rings is 3. The van der Waals surface area contributed by atoms with Crippen LogP contribution in [-0.2, 0) is 6.42 Å². The third-order valence-corrected chi connectivity index (χ3v) is 7.52. The van der Waals surface area contributed by atoms with Crippen molar-refractivity contribution in [1.29, 1.82) is 0 Å². The van der Waals surface area contributed by atoms with E-state index in [1.165, 1.54) is 10.5 Å². The Bertz CT molecular complexity index is 1520. The van der Waals surface area contributed by atoms with Crippen molar-refractivity contribution in [1.82, 2.24) is 14.8 Å². The van der Waals surface area contributed by atoms with E-state index in [4.69, 9.17) is 0 Å². The van der Waals surface area contributed by atoms with Crippen LogP contribution in [0.2, 0.25) is 0 Å². The lowest BCUT2D eigenvalue weighted by Gasteiger charge is -2.38. The van der Waals surface area contributed by atoms with Crippen LogP contribution >= 0.6 is 0 Å². The number of carbonyl (C=O) groups is 3. The summed E-state index contributed by atoms with van der Waals surface area (Å²) in [6.07, 6.45) is 0.814. The first-order valence-corrected chi connectivity index (χ1v) is 12.3. The van der Waals surface area contributed by atoms with Crippen LogP contribution in [0, 0.1) is 13.8 Å². The maximum absolute atomic E-state index is 13.7. The van der Waals surface area contributed by atoms with Crippen molar-refractivity contribution in [2.24, 2.45) is 0 Å². The van der Waals surface area contributed by atoms with Crippen LogP contribution in [0.1, 0.15) is 59.5 Å². The lowest BCUT2D eigenvalue weighted by Crippen LogP contribution is -2.45. The van der Waals surface area contributed by atoms with Crippen LogP contribution in [0.5, 0.6) is 0 Å². The van der Waals surface area contributed by atoms with Gasteiger partial charge < -0.3 is 4.98 Å². The molecule has 2 amide bonds. The van der Waals surface area contributed by atoms with E-state index >= 15 is 0 Å². The smallest absolute Gasteiger partial charge is 0.261 e. The molecule has 0 radical (unpaired) electrons. The minimum Gasteiger partial charge on any atom is -0.358 e. The van der Waals surface area contributed by atoms with Crippen molar-refractivity contribution in [3.8, 4) is 0 Å². The summed E-state index contributed by atoms with van der Waals surface area (Å²) in [6, 6.07) is 20.9. The maximum Gasteiger partial charge on any atom is 0.261 e. The van der Waals surface area contributed by atoms with Gasteiger partial charge in [0.2, 0.25) is 0 Å². The molecule has 0 saturated carbocycles. The molecule has 3 aromatic carbocycles. The Morgan fingerprint density at radius 1 is 0.944 bits per heavy atom. The SMILES string of the molecule is Cc1ccc2c(C(=O)CN3CCc4ccccc4C3CN3C(=O)c4ccccc4C3=O)c(C)[nH]c2c1. The van der Waals surface area contributed by atoms with E-state index in [-0.39, 0.29) is 36.7 Å². The highest BCUT2D eigenvalue weighted by Crippen LogP contribution is 2.34. The van der Waals surface area contributed by atoms with Crippen molar-refractivity contribution >= 4 is 28.5 Å². The molecule has 0 bridgehead atoms. The average molecular weight is 478 g/mol. The Morgan fingerprint density at radius 2 is 1.64 bits per heavy atom. The Kier molecular flexibility index (Phi) is 5.34. The summed E-state index contributed by atoms with van der Waals surface area (Å²) in [5, 5.41) is 0.928. The normalized spacial score (nSPS) is 17.5. The predicted molar refractivity (Wildman–Crippen MR) is 138 cm³/mol. The summed E-state index contributed by atoms with van der Waals surface area (Å²) in [7, 11) is 0. The van der Waals surface area contributed by atoms with Crippen molar-refractivity contribution in [3.05, 3.63) is 106 Å². The molecule has 4 aromatic rings. The van der Waals surface area contributed by atoms with E-state index in [1.807, 2.05) is 38.1 Å². The summed E-state index contributed by atoms with van der Waals surface area (Å²) in [5.41, 5.74) is 6.82. The fraction of sp³-hybridized carbons (Fsp3) is 0.233. The third-order valence-electron chi connectivity index (χ3n) is 7.52. The molecule has 180 valence electrons. The van der Waals surface area contributed by atoms with Gasteiger partial charge in [-0.25, -0.2) is 0 Å². The van der Waals surface area contributed by atoms with Gasteiger partial charge in [-0.1, -0.05) is 48.5 Å². The summed E-state index contributed by atoms with van der Waals surface area (Å²) < 4.78 is 0. The summed E-state index contributed by atoms with van der Waals surface area (Å²) in [6.45, 7) is 5.07. The van der Waals surface area contributed by atoms with E-state index in [1.54, 1.807) is 24.3 Å². The largest absolute Gasteiger partial charge is 0.358 e. The topological polar surface area (TPSA) is 73.5 Å². The van der Waals surface area contributed by atoms with E-state index in [9.17, 15) is 14.4 Å². The van der Waals surface area contributed by atoms with Gasteiger partial charge in [-0.05, 0) is 55.2 Å². The second kappa shape index (κ2) is 8.57. The standard InChI is InChI=1S/C30H27N3O3/c1-18-11-12-24-25(15-18)31-19(2)28(24)27(34)17-32-14-13-20-7-3-4-8-21(20)26(32)16-33-29(35)22-9-5-6-10-23(22)30(33)36/h3-12,15,26,31H,13-14,16-17H2,1-2H3. The lowest BCUT2D eigenvalue weighted by molar-refractivity contribution is 0.0574. The number of imide groups is 1. The van der Waals surface area contributed by atoms with E-state index in [2.05, 4.69) is 28.1 Å². The number of ketones is 1. The Morgan fingerprint density at radius 3 is 2.39 bits per heavy atom. The highest BCUT2D eigenvalue weighted by Gasteiger charge is 2.39. The molecule has 36 heavy (non-hydrogen) atoms. The number of hydrogen-bond acceptors (Lipinski definition) is 4. The summed E-state index contributed by atoms with van der Waals surface area (Å²) >= 11 is 0. The van der Waals surface area contributed by atoms with Crippen molar-refractivity contribution < 1.29 is 14.4 Å². The highest BCUT2D eigenvalue weighted by molar-refractivity contribution is 6.21. The van der Waals surface area contributed by atoms with E-state index < -0.39 is 0 Å². The van der Waals surface area contributed by atoms with Crippen molar-refractivity contribution in [2.45, 2.75) is 26.3 Å². The first-order chi connectivity index (χ1) is 17.4. The van der Waals surface area contributed by atoms with Gasteiger partial charge in [-0.3, -0.25) is 24.2 Å². The fourth-order valence-electron chi connectivity index (χ4n) is 5.75. The number of aromatic amines is 1. The van der Waals surface area contributed by atoms with E-state index in [0.717, 1.165) is 34.1 Å². The monoisotopic (exact) mass is 477 g/mol. The first-order valence-electron chi connectivity index (χ1n) is 12.3. The number of aromatic nitrogens is 1. The van der Waals surface area contributed by atoms with Crippen LogP contribution < -0.4 is 0 Å². The number of fused-ring (bicyclic) bond motifs is 3. The molecule has 0 aliphatic carbocycles. The number of H-pyrrole nitrogens is 1. The molecule has 6 nitrogen and oxygen atoms in total. The first kappa shape index (κ1) is 22.4. The number of hydrogen-bond donors (Lipinski definition) is 1. The molecule has 2 aliphatic rings. The highest BCUT2D eigenvalue weighted by atomic mass is 16.2. The fourth-order valence-corrected chi connectivity index (χ4v) is 5.75. The maximum atomic E-state index is 13.7. The number of carbonyl (C=O) groups excluding carboxylic acids is 3. The number of Topliss-reactive ketones (excluding diaryl/α,β-unsaturated/α-hetero) is 1. The molecule has 1 N–H and O–H groups in total. The third kappa shape index (κ3) is 3.57. The van der Waals surface area contributed by atoms with Gasteiger partial charge in [-0.2, -0.15) is 0 Å². The minimum atomic E-state index is -0.271. The average Bonchev–Trinajstić information content (AvgIpc) is 3.33. The second-order valence-corrected chi connectivity index (χ2v) is 9.80. The molecule has 6 heteroatoms. The van der Waals surface area contributed by atoms with Crippen LogP contribution in [0.4, 0.5) is 0 Å². The zero-order chi connectivity index (χ0) is 25.0. The summed E-state index contributed by atoms with van der Waals surface area (Å²) in [5.74, 6) is -0.505. The summed E-state index contributed by atoms with van der Waals surface area (Å²) in [4.78, 5) is 46.8. The molecule has 0 saturated heterocycles. The van der Waals surface area contributed by atoms with Gasteiger partial charge in [0.25, 0.3) is 11.8 Å². The van der Waals surface area contributed by atoms with Gasteiger partial charge in [0.15, 0.2) is 5.78 Å². The molecule has 1 atom stereocenters. The number of rotatable bonds is 5. The molecule has 1 unspecified atom stereocenters. The number of aryl methyl sites for hydroxylation is 2. The van der Waals surface area contributed by atoms with Gasteiger partial charge in [0.05, 0.1) is 23.7 Å². The number of nitrogens with zero attached hydrogens (tertiary/aromatic N) is 2. The molecule has 1 aromatic heterocycles. The van der Waals surface area contributed by atoms with Gasteiger partial charge in [0, 0.05) is 35.2 Å². The number of nitrogens with one attached hydrogen (secondary N) is 1. The van der Waals surface area contributed by atoms with Gasteiger partial charge >= 0.3 is 0 Å². The second-order valence-electron chi connectivity index (χ2n) is 9.80. The van der Waals surface area contributed by atoms with Gasteiger partial charge in [0.1, 0.15) is 0 Å². The Balaban J connectivity index is 1.33. The Labute approximate surface area is 209 Å². The minimum absolute atomic E-state index is 0.0364.